The van der Waals surface area contributed by atoms with E-state index < -0.39 is 9.73 Å². The van der Waals surface area contributed by atoms with Crippen molar-refractivity contribution in [2.24, 2.45) is 0 Å². The first-order chi connectivity index (χ1) is 5.79. The Morgan fingerprint density at radius 2 is 2.23 bits per heavy atom. The van der Waals surface area contributed by atoms with E-state index in [1.165, 1.54) is 6.26 Å². The minimum absolute atomic E-state index is 0.196. The highest BCUT2D eigenvalue weighted by atomic mass is 32.2. The molecule has 78 valence electrons. The highest BCUT2D eigenvalue weighted by molar-refractivity contribution is 7.91. The van der Waals surface area contributed by atoms with Gasteiger partial charge in [0.05, 0.1) is 30.7 Å². The standard InChI is InChI=1S/C8H17NO3S/c1-8(2)6-11-4-7(12-8)5-13(3,9)10/h7,9H,4-6H2,1-3H3. The van der Waals surface area contributed by atoms with Gasteiger partial charge in [0, 0.05) is 16.0 Å². The van der Waals surface area contributed by atoms with Gasteiger partial charge in [0.2, 0.25) is 0 Å². The zero-order valence-corrected chi connectivity index (χ0v) is 9.15. The van der Waals surface area contributed by atoms with E-state index in [9.17, 15) is 4.21 Å². The molecule has 1 fully saturated rings. The Bertz CT molecular complexity index is 271. The van der Waals surface area contributed by atoms with Gasteiger partial charge in [0.15, 0.2) is 0 Å². The van der Waals surface area contributed by atoms with E-state index in [2.05, 4.69) is 0 Å². The molecule has 1 rings (SSSR count). The molecule has 1 aliphatic rings. The van der Waals surface area contributed by atoms with Crippen LogP contribution in [0.4, 0.5) is 0 Å². The molecule has 0 radical (unpaired) electrons. The van der Waals surface area contributed by atoms with Gasteiger partial charge < -0.3 is 9.47 Å². The fourth-order valence-corrected chi connectivity index (χ4v) is 2.27. The van der Waals surface area contributed by atoms with Gasteiger partial charge in [-0.2, -0.15) is 0 Å². The van der Waals surface area contributed by atoms with Crippen LogP contribution in [0.1, 0.15) is 13.8 Å². The summed E-state index contributed by atoms with van der Waals surface area (Å²) in [5, 5.41) is 0. The van der Waals surface area contributed by atoms with Gasteiger partial charge in [-0.25, -0.2) is 0 Å². The van der Waals surface area contributed by atoms with Crippen LogP contribution in [0.3, 0.4) is 0 Å². The van der Waals surface area contributed by atoms with Gasteiger partial charge in [-0.15, -0.1) is 0 Å². The summed E-state index contributed by atoms with van der Waals surface area (Å²) in [6.45, 7) is 4.88. The average molecular weight is 207 g/mol. The van der Waals surface area contributed by atoms with Gasteiger partial charge in [0.25, 0.3) is 0 Å². The molecule has 0 aliphatic carbocycles. The van der Waals surface area contributed by atoms with Crippen molar-refractivity contribution in [3.8, 4) is 0 Å². The maximum absolute atomic E-state index is 11.2. The molecular formula is C8H17NO3S. The van der Waals surface area contributed by atoms with Crippen molar-refractivity contribution < 1.29 is 13.7 Å². The molecule has 5 heteroatoms. The summed E-state index contributed by atoms with van der Waals surface area (Å²) < 4.78 is 29.4. The molecule has 0 aromatic carbocycles. The van der Waals surface area contributed by atoms with Crippen LogP contribution in [-0.2, 0) is 19.2 Å². The Balaban J connectivity index is 2.53. The maximum Gasteiger partial charge on any atom is 0.0940 e. The molecule has 0 spiro atoms. The van der Waals surface area contributed by atoms with E-state index >= 15 is 0 Å². The zero-order valence-electron chi connectivity index (χ0n) is 8.33. The molecule has 1 aliphatic heterocycles. The van der Waals surface area contributed by atoms with Crippen LogP contribution >= 0.6 is 0 Å². The lowest BCUT2D eigenvalue weighted by atomic mass is 10.1. The van der Waals surface area contributed by atoms with Crippen molar-refractivity contribution in [2.45, 2.75) is 25.6 Å². The Morgan fingerprint density at radius 3 is 2.69 bits per heavy atom. The van der Waals surface area contributed by atoms with Crippen molar-refractivity contribution in [3.63, 3.8) is 0 Å². The monoisotopic (exact) mass is 207 g/mol. The highest BCUT2D eigenvalue weighted by Gasteiger charge is 2.30. The zero-order chi connectivity index (χ0) is 10.1. The lowest BCUT2D eigenvalue weighted by molar-refractivity contribution is -0.174. The molecule has 0 bridgehead atoms. The predicted molar refractivity (Wildman–Crippen MR) is 51.4 cm³/mol. The van der Waals surface area contributed by atoms with E-state index in [1.807, 2.05) is 13.8 Å². The molecule has 1 heterocycles. The number of hydrogen-bond donors (Lipinski definition) is 1. The van der Waals surface area contributed by atoms with Crippen LogP contribution in [-0.4, -0.2) is 41.1 Å². The second-order valence-electron chi connectivity index (χ2n) is 4.19. The van der Waals surface area contributed by atoms with Crippen LogP contribution in [0.15, 0.2) is 0 Å². The second kappa shape index (κ2) is 3.55. The summed E-state index contributed by atoms with van der Waals surface area (Å²) in [7, 11) is -2.48. The van der Waals surface area contributed by atoms with Crippen LogP contribution in [0.5, 0.6) is 0 Å². The van der Waals surface area contributed by atoms with E-state index in [4.69, 9.17) is 14.3 Å². The minimum atomic E-state index is -2.48. The van der Waals surface area contributed by atoms with Crippen LogP contribution in [0, 0.1) is 4.78 Å². The van der Waals surface area contributed by atoms with Crippen LogP contribution in [0.2, 0.25) is 0 Å². The summed E-state index contributed by atoms with van der Waals surface area (Å²) in [5.41, 5.74) is -0.312. The van der Waals surface area contributed by atoms with Crippen LogP contribution in [0.25, 0.3) is 0 Å². The topological polar surface area (TPSA) is 59.4 Å². The van der Waals surface area contributed by atoms with Gasteiger partial charge >= 0.3 is 0 Å². The Labute approximate surface area is 79.6 Å². The molecule has 0 aromatic rings. The third kappa shape index (κ3) is 4.06. The van der Waals surface area contributed by atoms with E-state index in [-0.39, 0.29) is 17.5 Å². The summed E-state index contributed by atoms with van der Waals surface area (Å²) in [4.78, 5) is 0. The summed E-state index contributed by atoms with van der Waals surface area (Å²) >= 11 is 0. The number of ether oxygens (including phenoxy) is 2. The van der Waals surface area contributed by atoms with Crippen molar-refractivity contribution >= 4 is 9.73 Å². The largest absolute Gasteiger partial charge is 0.376 e. The molecule has 13 heavy (non-hydrogen) atoms. The number of rotatable bonds is 2. The first-order valence-electron chi connectivity index (χ1n) is 4.25. The smallest absolute Gasteiger partial charge is 0.0940 e. The molecule has 2 unspecified atom stereocenters. The first kappa shape index (κ1) is 10.9. The van der Waals surface area contributed by atoms with E-state index in [0.717, 1.165) is 0 Å². The van der Waals surface area contributed by atoms with E-state index in [1.54, 1.807) is 0 Å². The Kier molecular flexibility index (Phi) is 2.99. The molecule has 4 nitrogen and oxygen atoms in total. The summed E-state index contributed by atoms with van der Waals surface area (Å²) in [5.74, 6) is 0.260. The lowest BCUT2D eigenvalue weighted by Gasteiger charge is -2.35. The van der Waals surface area contributed by atoms with Gasteiger partial charge in [0.1, 0.15) is 0 Å². The normalized spacial score (nSPS) is 32.4. The highest BCUT2D eigenvalue weighted by Crippen LogP contribution is 2.19. The van der Waals surface area contributed by atoms with E-state index in [0.29, 0.717) is 13.2 Å². The molecule has 0 aromatic heterocycles. The molecule has 0 saturated carbocycles. The van der Waals surface area contributed by atoms with Crippen molar-refractivity contribution in [1.82, 2.24) is 0 Å². The first-order valence-corrected chi connectivity index (χ1v) is 6.39. The third-order valence-electron chi connectivity index (χ3n) is 1.74. The molecule has 2 atom stereocenters. The van der Waals surface area contributed by atoms with Gasteiger partial charge in [-0.3, -0.25) is 8.99 Å². The molecular weight excluding hydrogens is 190 g/mol. The second-order valence-corrected chi connectivity index (χ2v) is 6.53. The average Bonchev–Trinajstić information content (AvgIpc) is 1.79. The Hall–Kier alpha value is -0.130. The fourth-order valence-electron chi connectivity index (χ4n) is 1.39. The number of hydrogen-bond acceptors (Lipinski definition) is 4. The molecule has 1 N–H and O–H groups in total. The Morgan fingerprint density at radius 1 is 1.62 bits per heavy atom. The van der Waals surface area contributed by atoms with Gasteiger partial charge in [-0.05, 0) is 13.8 Å². The summed E-state index contributed by atoms with van der Waals surface area (Å²) in [6, 6.07) is 0. The van der Waals surface area contributed by atoms with Crippen molar-refractivity contribution in [3.05, 3.63) is 0 Å². The fraction of sp³-hybridized carbons (Fsp3) is 1.00. The quantitative estimate of drug-likeness (QED) is 0.730. The maximum atomic E-state index is 11.2. The van der Waals surface area contributed by atoms with Crippen molar-refractivity contribution in [2.75, 3.05) is 25.2 Å². The predicted octanol–water partition coefficient (Wildman–Crippen LogP) is 0.857. The van der Waals surface area contributed by atoms with Gasteiger partial charge in [-0.1, -0.05) is 0 Å². The SMILES string of the molecule is CC1(C)COCC(CS(C)(=N)=O)O1. The van der Waals surface area contributed by atoms with Crippen molar-refractivity contribution in [1.29, 1.82) is 4.78 Å². The molecule has 1 saturated heterocycles. The lowest BCUT2D eigenvalue weighted by Crippen LogP contribution is -2.45. The summed E-state index contributed by atoms with van der Waals surface area (Å²) in [6.07, 6.45) is 1.23. The number of nitrogens with one attached hydrogen (secondary N) is 1. The molecule has 0 amide bonds. The van der Waals surface area contributed by atoms with Crippen LogP contribution < -0.4 is 0 Å². The third-order valence-corrected chi connectivity index (χ3v) is 2.75. The minimum Gasteiger partial charge on any atom is -0.376 e.